The maximum absolute atomic E-state index is 13.0. The molecule has 6 nitrogen and oxygen atoms in total. The minimum Gasteiger partial charge on any atom is -0.356 e. The fourth-order valence-electron chi connectivity index (χ4n) is 4.58. The van der Waals surface area contributed by atoms with Gasteiger partial charge >= 0.3 is 0 Å². The van der Waals surface area contributed by atoms with Crippen LogP contribution in [0.3, 0.4) is 0 Å². The fourth-order valence-corrected chi connectivity index (χ4v) is 6.10. The number of hydrogen-bond acceptors (Lipinski definition) is 4. The molecule has 0 aliphatic carbocycles. The summed E-state index contributed by atoms with van der Waals surface area (Å²) < 4.78 is 30.1. The number of amides is 1. The molecular formula is C26H31N3O3S. The van der Waals surface area contributed by atoms with Crippen molar-refractivity contribution in [3.05, 3.63) is 76.9 Å². The third-order valence-electron chi connectivity index (χ3n) is 6.50. The van der Waals surface area contributed by atoms with Crippen molar-refractivity contribution < 1.29 is 13.2 Å². The average molecular weight is 466 g/mol. The van der Waals surface area contributed by atoms with E-state index in [1.54, 1.807) is 0 Å². The van der Waals surface area contributed by atoms with Crippen LogP contribution in [0.15, 0.2) is 64.6 Å². The van der Waals surface area contributed by atoms with Gasteiger partial charge in [-0.05, 0) is 44.2 Å². The zero-order chi connectivity index (χ0) is 23.6. The van der Waals surface area contributed by atoms with Gasteiger partial charge in [-0.25, -0.2) is 0 Å². The Balaban J connectivity index is 1.46. The number of sulfonamides is 1. The van der Waals surface area contributed by atoms with Crippen molar-refractivity contribution in [3.63, 3.8) is 0 Å². The second kappa shape index (κ2) is 9.51. The summed E-state index contributed by atoms with van der Waals surface area (Å²) in [6.45, 7) is 7.15. The van der Waals surface area contributed by atoms with E-state index in [2.05, 4.69) is 9.71 Å². The van der Waals surface area contributed by atoms with Crippen LogP contribution in [0, 0.1) is 12.8 Å². The van der Waals surface area contributed by atoms with Crippen LogP contribution < -0.4 is 5.32 Å². The summed E-state index contributed by atoms with van der Waals surface area (Å²) >= 11 is 0. The number of piperidine rings is 1. The van der Waals surface area contributed by atoms with Crippen LogP contribution in [0.4, 0.5) is 0 Å². The van der Waals surface area contributed by atoms with E-state index in [4.69, 9.17) is 0 Å². The van der Waals surface area contributed by atoms with Crippen molar-refractivity contribution in [2.24, 2.45) is 10.3 Å². The Morgan fingerprint density at radius 1 is 1.09 bits per heavy atom. The zero-order valence-electron chi connectivity index (χ0n) is 19.4. The molecule has 2 aliphatic rings. The Kier molecular flexibility index (Phi) is 6.70. The Labute approximate surface area is 196 Å². The summed E-state index contributed by atoms with van der Waals surface area (Å²) in [5, 5.41) is 3.12. The second-order valence-corrected chi connectivity index (χ2v) is 10.4. The third-order valence-corrected chi connectivity index (χ3v) is 7.91. The summed E-state index contributed by atoms with van der Waals surface area (Å²) in [5.41, 5.74) is 3.60. The van der Waals surface area contributed by atoms with Crippen molar-refractivity contribution in [1.29, 1.82) is 0 Å². The van der Waals surface area contributed by atoms with Gasteiger partial charge in [0.05, 0.1) is 6.04 Å². The minimum absolute atomic E-state index is 0.0484. The Morgan fingerprint density at radius 3 is 2.33 bits per heavy atom. The second-order valence-electron chi connectivity index (χ2n) is 8.82. The first-order valence-corrected chi connectivity index (χ1v) is 13.0. The van der Waals surface area contributed by atoms with Crippen LogP contribution in [0.5, 0.6) is 0 Å². The molecule has 7 heteroatoms. The first-order valence-electron chi connectivity index (χ1n) is 11.6. The van der Waals surface area contributed by atoms with Crippen LogP contribution in [-0.4, -0.2) is 38.2 Å². The molecule has 174 valence electrons. The molecule has 0 saturated carbocycles. The molecule has 2 heterocycles. The fraction of sp³-hybridized carbons (Fsp3) is 0.385. The molecule has 0 spiro atoms. The van der Waals surface area contributed by atoms with Crippen molar-refractivity contribution in [3.8, 4) is 0 Å². The molecule has 1 fully saturated rings. The molecule has 2 aromatic carbocycles. The maximum atomic E-state index is 13.0. The number of aryl methyl sites for hydroxylation is 1. The Bertz CT molecular complexity index is 1180. The van der Waals surface area contributed by atoms with Crippen molar-refractivity contribution in [2.75, 3.05) is 13.1 Å². The van der Waals surface area contributed by atoms with Crippen LogP contribution in [0.25, 0.3) is 4.91 Å². The number of nitrogens with zero attached hydrogens (tertiary/aromatic N) is 2. The van der Waals surface area contributed by atoms with Crippen molar-refractivity contribution in [1.82, 2.24) is 10.2 Å². The Hall–Kier alpha value is -2.93. The van der Waals surface area contributed by atoms with E-state index in [0.717, 1.165) is 16.7 Å². The smallest absolute Gasteiger partial charge is 0.285 e. The van der Waals surface area contributed by atoms with Crippen LogP contribution in [0.1, 0.15) is 55.8 Å². The molecule has 1 amide bonds. The Morgan fingerprint density at radius 2 is 1.73 bits per heavy atom. The van der Waals surface area contributed by atoms with Gasteiger partial charge in [0.15, 0.2) is 0 Å². The number of rotatable bonds is 5. The van der Waals surface area contributed by atoms with Gasteiger partial charge < -0.3 is 10.2 Å². The van der Waals surface area contributed by atoms with Crippen molar-refractivity contribution >= 4 is 26.7 Å². The molecule has 1 saturated heterocycles. The third kappa shape index (κ3) is 4.88. The lowest BCUT2D eigenvalue weighted by atomic mass is 9.94. The highest BCUT2D eigenvalue weighted by Gasteiger charge is 2.36. The highest BCUT2D eigenvalue weighted by atomic mass is 32.2. The van der Waals surface area contributed by atoms with Gasteiger partial charge in [-0.2, -0.15) is 8.42 Å². The molecule has 0 bridgehead atoms. The maximum Gasteiger partial charge on any atom is 0.285 e. The van der Waals surface area contributed by atoms with Crippen molar-refractivity contribution in [2.45, 2.75) is 46.1 Å². The lowest BCUT2D eigenvalue weighted by Crippen LogP contribution is -2.43. The molecule has 2 aliphatic heterocycles. The number of carbonyl (C=O) groups is 1. The normalized spacial score (nSPS) is 19.4. The van der Waals surface area contributed by atoms with Crippen LogP contribution in [0.2, 0.25) is 0 Å². The van der Waals surface area contributed by atoms with Gasteiger partial charge in [0.1, 0.15) is 10.7 Å². The van der Waals surface area contributed by atoms with Gasteiger partial charge in [0, 0.05) is 24.6 Å². The van der Waals surface area contributed by atoms with Gasteiger partial charge in [0.25, 0.3) is 10.0 Å². The predicted molar refractivity (Wildman–Crippen MR) is 132 cm³/mol. The summed E-state index contributed by atoms with van der Waals surface area (Å²) in [6.07, 6.45) is 1.92. The van der Waals surface area contributed by atoms with Gasteiger partial charge in [-0.1, -0.05) is 67.1 Å². The molecule has 2 aromatic rings. The molecule has 1 atom stereocenters. The number of nitrogens with one attached hydrogen (secondary N) is 1. The van der Waals surface area contributed by atoms with E-state index in [9.17, 15) is 13.2 Å². The summed E-state index contributed by atoms with van der Waals surface area (Å²) in [4.78, 5) is 15.2. The summed E-state index contributed by atoms with van der Waals surface area (Å²) in [7, 11) is -3.74. The van der Waals surface area contributed by atoms with Gasteiger partial charge in [-0.15, -0.1) is 4.40 Å². The largest absolute Gasteiger partial charge is 0.356 e. The van der Waals surface area contributed by atoms with Crippen LogP contribution in [-0.2, 0) is 14.8 Å². The van der Waals surface area contributed by atoms with E-state index in [1.165, 1.54) is 0 Å². The number of likely N-dealkylation sites (tertiary alicyclic amines) is 1. The lowest BCUT2D eigenvalue weighted by Gasteiger charge is -2.33. The monoisotopic (exact) mass is 465 g/mol. The van der Waals surface area contributed by atoms with E-state index in [-0.39, 0.29) is 17.9 Å². The lowest BCUT2D eigenvalue weighted by molar-refractivity contribution is -0.126. The molecular weight excluding hydrogens is 434 g/mol. The highest BCUT2D eigenvalue weighted by Crippen LogP contribution is 2.36. The topological polar surface area (TPSA) is 78.8 Å². The number of amidine groups is 1. The molecule has 33 heavy (non-hydrogen) atoms. The first-order chi connectivity index (χ1) is 15.8. The minimum atomic E-state index is -3.74. The molecule has 0 aromatic heterocycles. The molecule has 0 radical (unpaired) electrons. The molecule has 1 N–H and O–H groups in total. The SMILES string of the molecule is CCC1=C(c2ccc(C)cc2)S(=O)(=O)N=C1N1CCC(C(=O)N[C@@H](C)c2ccccc2)CC1. The molecule has 4 rings (SSSR count). The van der Waals surface area contributed by atoms with E-state index >= 15 is 0 Å². The first kappa shape index (κ1) is 23.2. The van der Waals surface area contributed by atoms with Crippen LogP contribution >= 0.6 is 0 Å². The van der Waals surface area contributed by atoms with E-state index in [1.807, 2.05) is 80.3 Å². The number of benzene rings is 2. The predicted octanol–water partition coefficient (Wildman–Crippen LogP) is 4.45. The highest BCUT2D eigenvalue weighted by molar-refractivity contribution is 8.00. The van der Waals surface area contributed by atoms with E-state index in [0.29, 0.717) is 48.7 Å². The number of hydrogen-bond donors (Lipinski definition) is 1. The van der Waals surface area contributed by atoms with Gasteiger partial charge in [0.2, 0.25) is 5.91 Å². The number of carbonyl (C=O) groups excluding carboxylic acids is 1. The summed E-state index contributed by atoms with van der Waals surface area (Å²) in [6, 6.07) is 17.4. The quantitative estimate of drug-likeness (QED) is 0.708. The van der Waals surface area contributed by atoms with Gasteiger partial charge in [-0.3, -0.25) is 4.79 Å². The van der Waals surface area contributed by atoms with E-state index < -0.39 is 10.0 Å². The standard InChI is InChI=1S/C26H31N3O3S/c1-4-23-24(21-12-10-18(2)11-13-21)33(31,32)28-25(23)29-16-14-22(15-17-29)26(30)27-19(3)20-8-6-5-7-9-20/h5-13,19,22H,4,14-17H2,1-3H3,(H,27,30)/t19-/m0/s1. The molecule has 0 unspecified atom stereocenters. The zero-order valence-corrected chi connectivity index (χ0v) is 20.2. The average Bonchev–Trinajstić information content (AvgIpc) is 3.10. The summed E-state index contributed by atoms with van der Waals surface area (Å²) in [5.74, 6) is 0.514.